The molecule has 2 aliphatic heterocycles. The first kappa shape index (κ1) is 29.1. The van der Waals surface area contributed by atoms with Crippen molar-refractivity contribution in [2.45, 2.75) is 25.9 Å². The van der Waals surface area contributed by atoms with Gasteiger partial charge in [-0.1, -0.05) is 24.3 Å². The molecule has 2 aromatic carbocycles. The number of carbonyl (C=O) groups excluding carboxylic acids is 4. The van der Waals surface area contributed by atoms with Crippen LogP contribution in [-0.4, -0.2) is 65.2 Å². The molecule has 2 heterocycles. The van der Waals surface area contributed by atoms with Gasteiger partial charge in [0, 0.05) is 23.7 Å². The number of rotatable bonds is 8. The first-order chi connectivity index (χ1) is 19.4. The molecule has 0 aromatic heterocycles. The molecule has 0 saturated carbocycles. The second-order valence-electron chi connectivity index (χ2n) is 9.00. The van der Waals surface area contributed by atoms with Gasteiger partial charge < -0.3 is 9.47 Å². The molecule has 0 N–H and O–H groups in total. The number of aliphatic imine (C=N–C) groups is 1. The van der Waals surface area contributed by atoms with Crippen LogP contribution in [0, 0.1) is 16.0 Å². The largest absolute Gasteiger partial charge is 0.465 e. The number of imide groups is 1. The van der Waals surface area contributed by atoms with Crippen molar-refractivity contribution in [2.75, 3.05) is 19.8 Å². The van der Waals surface area contributed by atoms with Gasteiger partial charge in [0.15, 0.2) is 0 Å². The summed E-state index contributed by atoms with van der Waals surface area (Å²) in [5, 5.41) is 11.4. The first-order valence-corrected chi connectivity index (χ1v) is 12.3. The zero-order valence-electron chi connectivity index (χ0n) is 21.6. The topological polar surface area (TPSA) is 145 Å². The van der Waals surface area contributed by atoms with Crippen LogP contribution in [0.5, 0.6) is 0 Å². The Kier molecular flexibility index (Phi) is 8.03. The standard InChI is InChI=1S/C27H22F3N3O8/c1-3-40-26(37)21-20(15-7-6-8-16(13-15)33(38)39)19(14(2)31-22(21)27(28,29)30)25(36)41-12-11-32-23(34)17-9-4-5-10-18(17)24(32)35/h4-10,13,20-21H,3,11-12H2,1-2H3. The Morgan fingerprint density at radius 2 is 1.68 bits per heavy atom. The second kappa shape index (κ2) is 11.3. The Morgan fingerprint density at radius 1 is 1.05 bits per heavy atom. The molecule has 2 aliphatic rings. The zero-order chi connectivity index (χ0) is 30.1. The van der Waals surface area contributed by atoms with Crippen LogP contribution >= 0.6 is 0 Å². The fourth-order valence-corrected chi connectivity index (χ4v) is 4.79. The number of nitrogens with zero attached hydrogens (tertiary/aromatic N) is 3. The number of hydrogen-bond donors (Lipinski definition) is 0. The van der Waals surface area contributed by atoms with E-state index in [2.05, 4.69) is 4.99 Å². The van der Waals surface area contributed by atoms with E-state index in [-0.39, 0.29) is 29.8 Å². The number of carbonyl (C=O) groups is 4. The van der Waals surface area contributed by atoms with E-state index >= 15 is 0 Å². The fourth-order valence-electron chi connectivity index (χ4n) is 4.79. The van der Waals surface area contributed by atoms with Crippen LogP contribution in [-0.2, 0) is 19.1 Å². The number of amides is 2. The van der Waals surface area contributed by atoms with E-state index in [4.69, 9.17) is 9.47 Å². The molecule has 0 saturated heterocycles. The minimum Gasteiger partial charge on any atom is -0.465 e. The number of nitro groups is 1. The molecule has 4 rings (SSSR count). The van der Waals surface area contributed by atoms with E-state index in [1.165, 1.54) is 31.2 Å². The highest BCUT2D eigenvalue weighted by Crippen LogP contribution is 2.44. The van der Waals surface area contributed by atoms with E-state index in [0.29, 0.717) is 0 Å². The normalized spacial score (nSPS) is 18.7. The first-order valence-electron chi connectivity index (χ1n) is 12.3. The number of allylic oxidation sites excluding steroid dienone is 1. The minimum atomic E-state index is -5.11. The van der Waals surface area contributed by atoms with E-state index in [9.17, 15) is 42.5 Å². The van der Waals surface area contributed by atoms with Crippen molar-refractivity contribution in [1.82, 2.24) is 4.90 Å². The fraction of sp³-hybridized carbons (Fsp3) is 0.296. The summed E-state index contributed by atoms with van der Waals surface area (Å²) in [5.41, 5.74) is -2.72. The van der Waals surface area contributed by atoms with Crippen LogP contribution in [0.1, 0.15) is 46.0 Å². The molecule has 0 aliphatic carbocycles. The van der Waals surface area contributed by atoms with Crippen LogP contribution in [0.4, 0.5) is 18.9 Å². The molecular weight excluding hydrogens is 551 g/mol. The van der Waals surface area contributed by atoms with Gasteiger partial charge >= 0.3 is 18.1 Å². The second-order valence-corrected chi connectivity index (χ2v) is 9.00. The van der Waals surface area contributed by atoms with Gasteiger partial charge in [0.1, 0.15) is 18.2 Å². The lowest BCUT2D eigenvalue weighted by Crippen LogP contribution is -2.44. The Hall–Kier alpha value is -4.88. The Labute approximate surface area is 230 Å². The summed E-state index contributed by atoms with van der Waals surface area (Å²) in [6, 6.07) is 10.6. The van der Waals surface area contributed by atoms with Crippen molar-refractivity contribution in [2.24, 2.45) is 10.9 Å². The van der Waals surface area contributed by atoms with E-state index in [0.717, 1.165) is 24.0 Å². The highest BCUT2D eigenvalue weighted by molar-refractivity contribution is 6.21. The molecule has 2 unspecified atom stereocenters. The maximum atomic E-state index is 14.1. The van der Waals surface area contributed by atoms with Crippen molar-refractivity contribution in [3.63, 3.8) is 0 Å². The SMILES string of the molecule is CCOC(=O)C1C(C(F)(F)F)=NC(C)=C(C(=O)OCCN2C(=O)c3ccccc3C2=O)C1c1cccc([N+](=O)[O-])c1. The molecule has 0 spiro atoms. The van der Waals surface area contributed by atoms with Crippen LogP contribution in [0.2, 0.25) is 0 Å². The van der Waals surface area contributed by atoms with Gasteiger partial charge in [0.2, 0.25) is 0 Å². The summed E-state index contributed by atoms with van der Waals surface area (Å²) in [6.45, 7) is 1.32. The van der Waals surface area contributed by atoms with Crippen LogP contribution in [0.15, 0.2) is 64.8 Å². The third-order valence-corrected chi connectivity index (χ3v) is 6.53. The molecule has 0 fully saturated rings. The number of alkyl halides is 3. The number of ether oxygens (including phenoxy) is 2. The number of fused-ring (bicyclic) bond motifs is 1. The van der Waals surface area contributed by atoms with E-state index in [1.807, 2.05) is 0 Å². The number of esters is 2. The molecule has 11 nitrogen and oxygen atoms in total. The number of nitro benzene ring substituents is 1. The maximum absolute atomic E-state index is 14.1. The molecule has 214 valence electrons. The lowest BCUT2D eigenvalue weighted by Gasteiger charge is -2.33. The molecular formula is C27H22F3N3O8. The van der Waals surface area contributed by atoms with Gasteiger partial charge in [0.25, 0.3) is 17.5 Å². The smallest absolute Gasteiger partial charge is 0.430 e. The minimum absolute atomic E-state index is 0.152. The van der Waals surface area contributed by atoms with Gasteiger partial charge in [-0.25, -0.2) is 4.79 Å². The van der Waals surface area contributed by atoms with Gasteiger partial charge in [0.05, 0.1) is 34.8 Å². The number of benzene rings is 2. The highest BCUT2D eigenvalue weighted by Gasteiger charge is 2.53. The van der Waals surface area contributed by atoms with E-state index < -0.39 is 76.0 Å². The van der Waals surface area contributed by atoms with Crippen LogP contribution in [0.25, 0.3) is 0 Å². The molecule has 14 heteroatoms. The van der Waals surface area contributed by atoms with Crippen molar-refractivity contribution in [1.29, 1.82) is 0 Å². The van der Waals surface area contributed by atoms with Crippen LogP contribution < -0.4 is 0 Å². The zero-order valence-corrected chi connectivity index (χ0v) is 21.6. The average Bonchev–Trinajstić information content (AvgIpc) is 3.17. The van der Waals surface area contributed by atoms with Gasteiger partial charge in [-0.2, -0.15) is 13.2 Å². The Morgan fingerprint density at radius 3 is 2.24 bits per heavy atom. The monoisotopic (exact) mass is 573 g/mol. The van der Waals surface area contributed by atoms with E-state index in [1.54, 1.807) is 12.1 Å². The predicted octanol–water partition coefficient (Wildman–Crippen LogP) is 3.99. The molecule has 0 bridgehead atoms. The average molecular weight is 573 g/mol. The third-order valence-electron chi connectivity index (χ3n) is 6.53. The summed E-state index contributed by atoms with van der Waals surface area (Å²) in [6.07, 6.45) is -5.11. The Bertz CT molecular complexity index is 1480. The number of hydrogen-bond acceptors (Lipinski definition) is 9. The third kappa shape index (κ3) is 5.58. The van der Waals surface area contributed by atoms with Crippen LogP contribution in [0.3, 0.4) is 0 Å². The van der Waals surface area contributed by atoms with Crippen molar-refractivity contribution >= 4 is 35.2 Å². The highest BCUT2D eigenvalue weighted by atomic mass is 19.4. The maximum Gasteiger partial charge on any atom is 0.430 e. The molecule has 2 amide bonds. The lowest BCUT2D eigenvalue weighted by atomic mass is 9.75. The summed E-state index contributed by atoms with van der Waals surface area (Å²) < 4.78 is 52.5. The number of non-ortho nitro benzene ring substituents is 1. The van der Waals surface area contributed by atoms with Crippen molar-refractivity contribution in [3.8, 4) is 0 Å². The van der Waals surface area contributed by atoms with Gasteiger partial charge in [-0.3, -0.25) is 34.4 Å². The van der Waals surface area contributed by atoms with Gasteiger partial charge in [-0.05, 0) is 31.5 Å². The van der Waals surface area contributed by atoms with Crippen molar-refractivity contribution in [3.05, 3.63) is 86.6 Å². The summed E-state index contributed by atoms with van der Waals surface area (Å²) in [7, 11) is 0. The predicted molar refractivity (Wildman–Crippen MR) is 135 cm³/mol. The number of halogens is 3. The summed E-state index contributed by atoms with van der Waals surface area (Å²) >= 11 is 0. The molecule has 0 radical (unpaired) electrons. The van der Waals surface area contributed by atoms with Crippen molar-refractivity contribution < 1.29 is 46.7 Å². The molecule has 41 heavy (non-hydrogen) atoms. The van der Waals surface area contributed by atoms with Gasteiger partial charge in [-0.15, -0.1) is 0 Å². The Balaban J connectivity index is 1.69. The lowest BCUT2D eigenvalue weighted by molar-refractivity contribution is -0.384. The summed E-state index contributed by atoms with van der Waals surface area (Å²) in [5.74, 6) is -7.63. The molecule has 2 aromatic rings. The quantitative estimate of drug-likeness (QED) is 0.200. The molecule has 2 atom stereocenters. The summed E-state index contributed by atoms with van der Waals surface area (Å²) in [4.78, 5) is 66.5.